The Morgan fingerprint density at radius 2 is 1.90 bits per heavy atom. The van der Waals surface area contributed by atoms with Gasteiger partial charge in [0.25, 0.3) is 0 Å². The first-order valence-corrected chi connectivity index (χ1v) is 9.74. The Labute approximate surface area is 160 Å². The van der Waals surface area contributed by atoms with Crippen LogP contribution in [0.25, 0.3) is 0 Å². The maximum Gasteiger partial charge on any atom is 0.310 e. The fourth-order valence-electron chi connectivity index (χ4n) is 2.51. The fraction of sp³-hybridized carbons (Fsp3) is 0.200. The number of carbonyl (C=O) groups excluding carboxylic acids is 2. The topological polar surface area (TPSA) is 101 Å². The number of hydrazone groups is 2. The Morgan fingerprint density at radius 3 is 2.48 bits per heavy atom. The monoisotopic (exact) mass is 439 g/mol. The van der Waals surface area contributed by atoms with E-state index in [9.17, 15) is 29.0 Å². The van der Waals surface area contributed by atoms with E-state index in [1.165, 1.54) is 17.3 Å². The Kier molecular flexibility index (Phi) is 4.20. The summed E-state index contributed by atoms with van der Waals surface area (Å²) in [6, 6.07) is 1.15. The number of nitrogens with two attached hydrogens (primary N) is 1. The molecule has 2 aliphatic rings. The molecule has 1 aromatic rings. The van der Waals surface area contributed by atoms with Crippen molar-refractivity contribution >= 4 is 34.0 Å². The highest BCUT2D eigenvalue weighted by Crippen LogP contribution is 3.02. The number of benzene rings is 1. The summed E-state index contributed by atoms with van der Waals surface area (Å²) in [7, 11) is -9.03. The van der Waals surface area contributed by atoms with Crippen LogP contribution in [-0.4, -0.2) is 54.1 Å². The summed E-state index contributed by atoms with van der Waals surface area (Å²) in [5.41, 5.74) is 4.59. The van der Waals surface area contributed by atoms with Crippen LogP contribution in [0.5, 0.6) is 5.75 Å². The molecule has 8 nitrogen and oxygen atoms in total. The largest absolute Gasteiger partial charge is 0.497 e. The molecule has 0 aromatic heterocycles. The van der Waals surface area contributed by atoms with E-state index in [1.807, 2.05) is 0 Å². The number of ketones is 1. The maximum absolute atomic E-state index is 13.1. The smallest absolute Gasteiger partial charge is 0.310 e. The minimum absolute atomic E-state index is 0.0432. The number of halogens is 5. The van der Waals surface area contributed by atoms with Gasteiger partial charge in [0.1, 0.15) is 23.9 Å². The minimum atomic E-state index is -10.0. The summed E-state index contributed by atoms with van der Waals surface area (Å²) in [5, 5.41) is 10.4. The summed E-state index contributed by atoms with van der Waals surface area (Å²) >= 11 is 0. The third-order valence-electron chi connectivity index (χ3n) is 3.92. The number of hydrogen-bond donors (Lipinski definition) is 1. The molecule has 0 fully saturated rings. The van der Waals surface area contributed by atoms with Gasteiger partial charge in [-0.2, -0.15) is 10.2 Å². The number of ether oxygens (including phenoxy) is 1. The molecule has 1 aromatic carbocycles. The number of hydrogen-bond acceptors (Lipinski definition) is 7. The van der Waals surface area contributed by atoms with Crippen LogP contribution in [-0.2, 0) is 4.79 Å². The number of nitrogens with zero attached hydrogens (tertiary/aromatic N) is 4. The lowest BCUT2D eigenvalue weighted by atomic mass is 10.1. The zero-order valence-electron chi connectivity index (χ0n) is 14.7. The predicted molar refractivity (Wildman–Crippen MR) is 95.3 cm³/mol. The third-order valence-corrected chi connectivity index (χ3v) is 5.05. The highest BCUT2D eigenvalue weighted by atomic mass is 32.5. The standard InChI is InChI=1S/C15H14F5N5O3S/c1-28-11-2-9(3-12(5-11)29(16,17,18,19)20)13(26)7-24-8-25-14(23-24)4-10(6-22-25)15(21)27/h2-6H,7-8H2,1H3,(H2,21,27). The number of primary amides is 1. The van der Waals surface area contributed by atoms with Gasteiger partial charge < -0.3 is 10.5 Å². The van der Waals surface area contributed by atoms with E-state index in [0.717, 1.165) is 18.2 Å². The normalized spacial score (nSPS) is 18.4. The molecule has 29 heavy (non-hydrogen) atoms. The number of amidine groups is 1. The van der Waals surface area contributed by atoms with Crippen LogP contribution >= 0.6 is 10.2 Å². The number of methoxy groups -OCH3 is 1. The number of amides is 1. The van der Waals surface area contributed by atoms with Crippen LogP contribution in [0.2, 0.25) is 0 Å². The van der Waals surface area contributed by atoms with Crippen LogP contribution < -0.4 is 10.5 Å². The molecule has 1 amide bonds. The average Bonchev–Trinajstić information content (AvgIpc) is 3.00. The van der Waals surface area contributed by atoms with Gasteiger partial charge in [-0.3, -0.25) is 14.6 Å². The molecule has 0 bridgehead atoms. The van der Waals surface area contributed by atoms with Crippen LogP contribution in [0.1, 0.15) is 10.4 Å². The highest BCUT2D eigenvalue weighted by molar-refractivity contribution is 8.45. The number of Topliss-reactive ketones (excluding diaryl/α,β-unsaturated/α-hetero) is 1. The summed E-state index contributed by atoms with van der Waals surface area (Å²) in [6.07, 6.45) is 2.51. The summed E-state index contributed by atoms with van der Waals surface area (Å²) in [5.74, 6) is -2.00. The molecular formula is C15H14F5N5O3S. The molecule has 0 unspecified atom stereocenters. The van der Waals surface area contributed by atoms with Gasteiger partial charge in [-0.25, -0.2) is 5.01 Å². The van der Waals surface area contributed by atoms with Gasteiger partial charge in [-0.1, -0.05) is 19.4 Å². The fourth-order valence-corrected chi connectivity index (χ4v) is 3.20. The first-order chi connectivity index (χ1) is 13.2. The van der Waals surface area contributed by atoms with E-state index in [0.29, 0.717) is 0 Å². The summed E-state index contributed by atoms with van der Waals surface area (Å²) < 4.78 is 70.4. The van der Waals surface area contributed by atoms with Crippen LogP contribution in [0.15, 0.2) is 44.9 Å². The SMILES string of the molecule is COc1cc(C(=O)CN2CN3N=CC(C(N)=O)=CC3=N2)cc(S(F)(F)(F)(F)F)c1. The molecule has 2 aliphatic heterocycles. The molecule has 0 aliphatic carbocycles. The average molecular weight is 439 g/mol. The first-order valence-electron chi connectivity index (χ1n) is 7.79. The zero-order chi connectivity index (χ0) is 21.7. The molecule has 0 atom stereocenters. The number of carbonyl (C=O) groups is 2. The molecule has 14 heteroatoms. The third kappa shape index (κ3) is 4.47. The van der Waals surface area contributed by atoms with E-state index in [4.69, 9.17) is 5.73 Å². The molecule has 0 saturated carbocycles. The lowest BCUT2D eigenvalue weighted by Crippen LogP contribution is -2.31. The first kappa shape index (κ1) is 20.6. The molecule has 0 radical (unpaired) electrons. The van der Waals surface area contributed by atoms with Gasteiger partial charge in [0.2, 0.25) is 5.91 Å². The maximum atomic E-state index is 13.1. The van der Waals surface area contributed by atoms with E-state index in [-0.39, 0.29) is 30.2 Å². The van der Waals surface area contributed by atoms with Crippen molar-refractivity contribution in [1.82, 2.24) is 10.0 Å². The van der Waals surface area contributed by atoms with Gasteiger partial charge >= 0.3 is 10.2 Å². The van der Waals surface area contributed by atoms with Crippen molar-refractivity contribution in [3.05, 3.63) is 35.4 Å². The van der Waals surface area contributed by atoms with Crippen molar-refractivity contribution in [3.63, 3.8) is 0 Å². The molecule has 3 rings (SSSR count). The zero-order valence-corrected chi connectivity index (χ0v) is 15.5. The molecule has 0 saturated heterocycles. The van der Waals surface area contributed by atoms with Crippen molar-refractivity contribution in [1.29, 1.82) is 0 Å². The van der Waals surface area contributed by atoms with Crippen molar-refractivity contribution in [3.8, 4) is 5.75 Å². The van der Waals surface area contributed by atoms with Crippen molar-refractivity contribution < 1.29 is 33.8 Å². The summed E-state index contributed by atoms with van der Waals surface area (Å²) in [6.45, 7) is -0.569. The van der Waals surface area contributed by atoms with Crippen molar-refractivity contribution in [2.75, 3.05) is 20.3 Å². The van der Waals surface area contributed by atoms with Gasteiger partial charge in [-0.15, -0.1) is 0 Å². The Bertz CT molecular complexity index is 1010. The van der Waals surface area contributed by atoms with Crippen molar-refractivity contribution in [2.45, 2.75) is 4.90 Å². The van der Waals surface area contributed by atoms with Crippen LogP contribution in [0.4, 0.5) is 19.4 Å². The van der Waals surface area contributed by atoms with Gasteiger partial charge in [0.05, 0.1) is 18.9 Å². The second kappa shape index (κ2) is 5.92. The quantitative estimate of drug-likeness (QED) is 0.543. The van der Waals surface area contributed by atoms with E-state index in [1.54, 1.807) is 0 Å². The van der Waals surface area contributed by atoms with Crippen molar-refractivity contribution in [2.24, 2.45) is 15.9 Å². The van der Waals surface area contributed by atoms with Gasteiger partial charge in [0, 0.05) is 11.6 Å². The molecule has 158 valence electrons. The summed E-state index contributed by atoms with van der Waals surface area (Å²) in [4.78, 5) is 21.4. The Morgan fingerprint density at radius 1 is 1.21 bits per heavy atom. The molecular weight excluding hydrogens is 425 g/mol. The second-order valence-corrected chi connectivity index (χ2v) is 8.57. The lowest BCUT2D eigenvalue weighted by Gasteiger charge is -2.40. The number of rotatable bonds is 6. The second-order valence-electron chi connectivity index (χ2n) is 6.16. The molecule has 0 spiro atoms. The lowest BCUT2D eigenvalue weighted by molar-refractivity contribution is -0.114. The predicted octanol–water partition coefficient (Wildman–Crippen LogP) is 2.84. The Balaban J connectivity index is 1.86. The number of fused-ring (bicyclic) bond motifs is 1. The van der Waals surface area contributed by atoms with Crippen LogP contribution in [0, 0.1) is 0 Å². The van der Waals surface area contributed by atoms with Crippen LogP contribution in [0.3, 0.4) is 0 Å². The minimum Gasteiger partial charge on any atom is -0.497 e. The molecule has 2 heterocycles. The van der Waals surface area contributed by atoms with E-state index in [2.05, 4.69) is 14.9 Å². The van der Waals surface area contributed by atoms with E-state index < -0.39 is 44.7 Å². The van der Waals surface area contributed by atoms with E-state index >= 15 is 0 Å². The van der Waals surface area contributed by atoms with Gasteiger partial charge in [0.15, 0.2) is 11.6 Å². The molecule has 2 N–H and O–H groups in total. The Hall–Kier alpha value is -3.16. The van der Waals surface area contributed by atoms with Gasteiger partial charge in [-0.05, 0) is 18.2 Å². The highest BCUT2D eigenvalue weighted by Gasteiger charge is 2.65.